The fraction of sp³-hybridized carbons (Fsp3) is 0.361. The van der Waals surface area contributed by atoms with Gasteiger partial charge >= 0.3 is 0 Å². The molecule has 0 radical (unpaired) electrons. The Labute approximate surface area is 233 Å². The Balaban J connectivity index is 1.56. The van der Waals surface area contributed by atoms with Crippen molar-refractivity contribution in [3.63, 3.8) is 0 Å². The van der Waals surface area contributed by atoms with Gasteiger partial charge in [0.1, 0.15) is 0 Å². The second kappa shape index (κ2) is 9.43. The van der Waals surface area contributed by atoms with Gasteiger partial charge in [0, 0.05) is 17.2 Å². The third kappa shape index (κ3) is 4.73. The number of rotatable bonds is 4. The van der Waals surface area contributed by atoms with E-state index in [1.807, 2.05) is 6.20 Å². The summed E-state index contributed by atoms with van der Waals surface area (Å²) in [6.45, 7) is 23.5. The van der Waals surface area contributed by atoms with Crippen molar-refractivity contribution in [2.75, 3.05) is 0 Å². The number of allylic oxidation sites excluding steroid dienone is 3. The molecule has 0 unspecified atom stereocenters. The number of hydrogen-bond acceptors (Lipinski definition) is 3. The first-order chi connectivity index (χ1) is 18.2. The predicted octanol–water partition coefficient (Wildman–Crippen LogP) is 9.67. The van der Waals surface area contributed by atoms with E-state index in [9.17, 15) is 0 Å². The van der Waals surface area contributed by atoms with Crippen LogP contribution >= 0.6 is 0 Å². The van der Waals surface area contributed by atoms with E-state index in [4.69, 9.17) is 14.5 Å². The molecule has 0 bridgehead atoms. The molecule has 3 nitrogen and oxygen atoms in total. The van der Waals surface area contributed by atoms with Gasteiger partial charge < -0.3 is 9.47 Å². The minimum Gasteiger partial charge on any atom is -0.339 e. The zero-order chi connectivity index (χ0) is 28.3. The average molecular weight is 520 g/mol. The number of aromatic nitrogens is 1. The lowest BCUT2D eigenvalue weighted by atomic mass is 9.85. The standard InChI is InChI=1S/C36H41NO2/c1-11-24(20-22(2)23(3)33-38-35(7,8)36(9,10)39-33)32-31-17-16-28-27-15-13-26(34(4,5)6)21-25(27)12-14-29(28)30(31)18-19-37-32/h11-21,33H,3H2,1-2,4-10H3/b22-20-,24-11+. The number of nitrogens with zero attached hydrogens (tertiary/aromatic N) is 1. The van der Waals surface area contributed by atoms with Crippen LogP contribution in [0.25, 0.3) is 37.9 Å². The van der Waals surface area contributed by atoms with Gasteiger partial charge in [-0.1, -0.05) is 75.9 Å². The zero-order valence-electron chi connectivity index (χ0n) is 24.9. The smallest absolute Gasteiger partial charge is 0.185 e. The molecule has 4 aromatic rings. The van der Waals surface area contributed by atoms with Crippen molar-refractivity contribution in [1.82, 2.24) is 4.98 Å². The molecular formula is C36H41NO2. The largest absolute Gasteiger partial charge is 0.339 e. The van der Waals surface area contributed by atoms with Crippen LogP contribution in [0.1, 0.15) is 73.6 Å². The molecule has 3 aromatic carbocycles. The summed E-state index contributed by atoms with van der Waals surface area (Å²) in [4.78, 5) is 4.84. The van der Waals surface area contributed by atoms with Crippen molar-refractivity contribution in [1.29, 1.82) is 0 Å². The summed E-state index contributed by atoms with van der Waals surface area (Å²) in [6.07, 6.45) is 5.70. The molecule has 1 fully saturated rings. The first kappa shape index (κ1) is 27.3. The van der Waals surface area contributed by atoms with Crippen LogP contribution in [0.4, 0.5) is 0 Å². The van der Waals surface area contributed by atoms with Crippen molar-refractivity contribution in [2.24, 2.45) is 0 Å². The Kier molecular flexibility index (Phi) is 6.60. The van der Waals surface area contributed by atoms with Gasteiger partial charge in [-0.2, -0.15) is 0 Å². The monoisotopic (exact) mass is 519 g/mol. The first-order valence-corrected chi connectivity index (χ1v) is 13.9. The fourth-order valence-electron chi connectivity index (χ4n) is 5.29. The summed E-state index contributed by atoms with van der Waals surface area (Å²) >= 11 is 0. The van der Waals surface area contributed by atoms with Gasteiger partial charge in [0.2, 0.25) is 0 Å². The minimum absolute atomic E-state index is 0.120. The molecule has 0 atom stereocenters. The van der Waals surface area contributed by atoms with Gasteiger partial charge in [-0.15, -0.1) is 0 Å². The summed E-state index contributed by atoms with van der Waals surface area (Å²) in [7, 11) is 0. The third-order valence-electron chi connectivity index (χ3n) is 8.63. The van der Waals surface area contributed by atoms with Crippen LogP contribution in [-0.2, 0) is 14.9 Å². The van der Waals surface area contributed by atoms with Gasteiger partial charge in [-0.05, 0) is 103 Å². The molecule has 1 aliphatic heterocycles. The number of fused-ring (bicyclic) bond motifs is 5. The summed E-state index contributed by atoms with van der Waals surface area (Å²) in [5, 5.41) is 7.40. The van der Waals surface area contributed by atoms with Gasteiger partial charge in [-0.25, -0.2) is 0 Å². The second-order valence-corrected chi connectivity index (χ2v) is 12.9. The lowest BCUT2D eigenvalue weighted by Crippen LogP contribution is -2.41. The second-order valence-electron chi connectivity index (χ2n) is 12.9. The quantitative estimate of drug-likeness (QED) is 0.199. The summed E-state index contributed by atoms with van der Waals surface area (Å²) in [6, 6.07) is 18.0. The van der Waals surface area contributed by atoms with Gasteiger partial charge in [-0.3, -0.25) is 4.98 Å². The highest BCUT2D eigenvalue weighted by Crippen LogP contribution is 2.42. The van der Waals surface area contributed by atoms with Gasteiger partial charge in [0.25, 0.3) is 0 Å². The average Bonchev–Trinajstić information content (AvgIpc) is 3.11. The van der Waals surface area contributed by atoms with E-state index in [-0.39, 0.29) is 5.41 Å². The Bertz CT molecular complexity index is 1660. The normalized spacial score (nSPS) is 18.4. The SMILES string of the molecule is C=C(/C(C)=C\C(=C/C)c1nccc2c1ccc1c3ccc(C(C)(C)C)cc3ccc21)C1OC(C)(C)C(C)(C)O1. The maximum atomic E-state index is 6.25. The Morgan fingerprint density at radius 2 is 1.41 bits per heavy atom. The lowest BCUT2D eigenvalue weighted by Gasteiger charge is -2.30. The van der Waals surface area contributed by atoms with E-state index >= 15 is 0 Å². The Morgan fingerprint density at radius 1 is 0.846 bits per heavy atom. The number of pyridine rings is 1. The van der Waals surface area contributed by atoms with Crippen molar-refractivity contribution in [3.8, 4) is 0 Å². The third-order valence-corrected chi connectivity index (χ3v) is 8.63. The molecule has 2 heterocycles. The summed E-state index contributed by atoms with van der Waals surface area (Å²) in [5.74, 6) is 0. The molecule has 3 heteroatoms. The van der Waals surface area contributed by atoms with Crippen LogP contribution in [0.15, 0.2) is 84.6 Å². The van der Waals surface area contributed by atoms with E-state index in [1.165, 1.54) is 32.5 Å². The topological polar surface area (TPSA) is 31.4 Å². The molecule has 0 aliphatic carbocycles. The Morgan fingerprint density at radius 3 is 2.05 bits per heavy atom. The van der Waals surface area contributed by atoms with Crippen LogP contribution in [0.3, 0.4) is 0 Å². The fourth-order valence-corrected chi connectivity index (χ4v) is 5.29. The number of hydrogen-bond donors (Lipinski definition) is 0. The highest BCUT2D eigenvalue weighted by molar-refractivity contribution is 6.18. The highest BCUT2D eigenvalue weighted by atomic mass is 16.7. The van der Waals surface area contributed by atoms with Gasteiger partial charge in [0.15, 0.2) is 6.29 Å². The van der Waals surface area contributed by atoms with Crippen molar-refractivity contribution in [3.05, 3.63) is 95.9 Å². The molecule has 0 spiro atoms. The highest BCUT2D eigenvalue weighted by Gasteiger charge is 2.49. The Hall–Kier alpha value is -3.27. The van der Waals surface area contributed by atoms with E-state index in [2.05, 4.69) is 130 Å². The van der Waals surface area contributed by atoms with E-state index in [0.717, 1.165) is 27.8 Å². The molecule has 1 aromatic heterocycles. The maximum absolute atomic E-state index is 6.25. The molecule has 0 amide bonds. The molecule has 39 heavy (non-hydrogen) atoms. The molecule has 1 aliphatic rings. The van der Waals surface area contributed by atoms with Crippen LogP contribution in [-0.4, -0.2) is 22.5 Å². The number of ether oxygens (including phenoxy) is 2. The summed E-state index contributed by atoms with van der Waals surface area (Å²) < 4.78 is 12.5. The summed E-state index contributed by atoms with van der Waals surface area (Å²) in [5.41, 5.74) is 4.52. The molecule has 0 N–H and O–H groups in total. The molecular weight excluding hydrogens is 478 g/mol. The minimum atomic E-state index is -0.471. The van der Waals surface area contributed by atoms with E-state index < -0.39 is 17.5 Å². The molecule has 5 rings (SSSR count). The molecule has 1 saturated heterocycles. The van der Waals surface area contributed by atoms with Crippen LogP contribution in [0, 0.1) is 0 Å². The van der Waals surface area contributed by atoms with Crippen LogP contribution < -0.4 is 0 Å². The van der Waals surface area contributed by atoms with Crippen molar-refractivity contribution in [2.45, 2.75) is 85.2 Å². The lowest BCUT2D eigenvalue weighted by molar-refractivity contribution is -0.0570. The van der Waals surface area contributed by atoms with E-state index in [1.54, 1.807) is 0 Å². The zero-order valence-corrected chi connectivity index (χ0v) is 24.9. The van der Waals surface area contributed by atoms with Crippen LogP contribution in [0.5, 0.6) is 0 Å². The molecule has 0 saturated carbocycles. The molecule has 202 valence electrons. The van der Waals surface area contributed by atoms with Crippen molar-refractivity contribution < 1.29 is 9.47 Å². The number of benzene rings is 3. The first-order valence-electron chi connectivity index (χ1n) is 13.9. The van der Waals surface area contributed by atoms with Gasteiger partial charge in [0.05, 0.1) is 16.9 Å². The van der Waals surface area contributed by atoms with E-state index in [0.29, 0.717) is 0 Å². The predicted molar refractivity (Wildman–Crippen MR) is 166 cm³/mol. The maximum Gasteiger partial charge on any atom is 0.185 e. The van der Waals surface area contributed by atoms with Crippen molar-refractivity contribution >= 4 is 37.9 Å². The van der Waals surface area contributed by atoms with Crippen LogP contribution in [0.2, 0.25) is 0 Å².